The molecule has 2 saturated heterocycles. The number of imidazole rings is 1. The highest BCUT2D eigenvalue weighted by Gasteiger charge is 2.37. The van der Waals surface area contributed by atoms with Crippen LogP contribution < -0.4 is 5.32 Å². The summed E-state index contributed by atoms with van der Waals surface area (Å²) in [5.74, 6) is 1.89. The van der Waals surface area contributed by atoms with Crippen LogP contribution in [0.1, 0.15) is 42.0 Å². The van der Waals surface area contributed by atoms with Gasteiger partial charge < -0.3 is 19.2 Å². The highest BCUT2D eigenvalue weighted by atomic mass is 35.5. The zero-order valence-electron chi connectivity index (χ0n) is 15.5. The Hall–Kier alpha value is -1.15. The number of rotatable bonds is 5. The van der Waals surface area contributed by atoms with Crippen molar-refractivity contribution in [2.75, 3.05) is 7.05 Å². The molecule has 2 bridgehead atoms. The molecule has 150 valence electrons. The second kappa shape index (κ2) is 9.37. The number of carbonyl (C=O) groups excluding carboxylic acids is 1. The first-order chi connectivity index (χ1) is 12.1. The minimum atomic E-state index is -0.0143. The molecule has 0 saturated carbocycles. The smallest absolute Gasteiger partial charge is 0.289 e. The Morgan fingerprint density at radius 2 is 2.04 bits per heavy atom. The van der Waals surface area contributed by atoms with E-state index in [1.807, 2.05) is 35.8 Å². The molecule has 4 heterocycles. The SMILES string of the molecule is CN(C(=O)c1ccc(CSc2nccn2C)o1)C1CC2CCC(C1)N2.Cl.Cl. The molecule has 27 heavy (non-hydrogen) atoms. The lowest BCUT2D eigenvalue weighted by Gasteiger charge is -2.35. The van der Waals surface area contributed by atoms with E-state index in [4.69, 9.17) is 4.42 Å². The van der Waals surface area contributed by atoms with E-state index in [0.717, 1.165) is 23.8 Å². The maximum Gasteiger partial charge on any atom is 0.289 e. The van der Waals surface area contributed by atoms with Crippen molar-refractivity contribution >= 4 is 42.5 Å². The normalized spacial score (nSPS) is 23.4. The van der Waals surface area contributed by atoms with Gasteiger partial charge in [0.2, 0.25) is 0 Å². The van der Waals surface area contributed by atoms with Gasteiger partial charge >= 0.3 is 0 Å². The van der Waals surface area contributed by atoms with Crippen LogP contribution in [0, 0.1) is 0 Å². The van der Waals surface area contributed by atoms with Gasteiger partial charge in [0.05, 0.1) is 5.75 Å². The fraction of sp³-hybridized carbons (Fsp3) is 0.556. The Morgan fingerprint density at radius 1 is 1.33 bits per heavy atom. The fourth-order valence-electron chi connectivity index (χ4n) is 3.88. The van der Waals surface area contributed by atoms with Crippen LogP contribution in [-0.2, 0) is 12.8 Å². The number of hydrogen-bond acceptors (Lipinski definition) is 5. The molecule has 1 N–H and O–H groups in total. The van der Waals surface area contributed by atoms with Crippen molar-refractivity contribution in [3.8, 4) is 0 Å². The number of amides is 1. The van der Waals surface area contributed by atoms with Gasteiger partial charge in [-0.25, -0.2) is 4.98 Å². The number of aromatic nitrogens is 2. The van der Waals surface area contributed by atoms with Crippen molar-refractivity contribution in [3.63, 3.8) is 0 Å². The molecular formula is C18H26Cl2N4O2S. The topological polar surface area (TPSA) is 63.3 Å². The number of hydrogen-bond donors (Lipinski definition) is 1. The van der Waals surface area contributed by atoms with E-state index in [2.05, 4.69) is 10.3 Å². The van der Waals surface area contributed by atoms with E-state index in [0.29, 0.717) is 29.6 Å². The van der Waals surface area contributed by atoms with Crippen LogP contribution >= 0.6 is 36.6 Å². The highest BCUT2D eigenvalue weighted by molar-refractivity contribution is 7.98. The number of halogens is 2. The van der Waals surface area contributed by atoms with Gasteiger partial charge in [0.25, 0.3) is 5.91 Å². The third-order valence-electron chi connectivity index (χ3n) is 5.31. The minimum Gasteiger partial charge on any atom is -0.455 e. The monoisotopic (exact) mass is 432 g/mol. The third kappa shape index (κ3) is 4.83. The van der Waals surface area contributed by atoms with Crippen molar-refractivity contribution < 1.29 is 9.21 Å². The van der Waals surface area contributed by atoms with Crippen LogP contribution in [0.25, 0.3) is 0 Å². The summed E-state index contributed by atoms with van der Waals surface area (Å²) in [5, 5.41) is 4.56. The molecule has 2 unspecified atom stereocenters. The Labute approximate surface area is 176 Å². The van der Waals surface area contributed by atoms with Crippen molar-refractivity contribution in [2.45, 2.75) is 54.7 Å². The van der Waals surface area contributed by atoms with Gasteiger partial charge in [0.15, 0.2) is 10.9 Å². The van der Waals surface area contributed by atoms with Crippen LogP contribution in [0.3, 0.4) is 0 Å². The molecule has 6 nitrogen and oxygen atoms in total. The maximum absolute atomic E-state index is 12.8. The first-order valence-corrected chi connectivity index (χ1v) is 9.81. The number of piperidine rings is 1. The van der Waals surface area contributed by atoms with Crippen LogP contribution in [0.5, 0.6) is 0 Å². The molecule has 0 radical (unpaired) electrons. The molecule has 4 rings (SSSR count). The Kier molecular flexibility index (Phi) is 7.68. The predicted octanol–water partition coefficient (Wildman–Crippen LogP) is 3.50. The Balaban J connectivity index is 0.00000131. The zero-order chi connectivity index (χ0) is 17.4. The number of furan rings is 1. The first-order valence-electron chi connectivity index (χ1n) is 8.82. The molecule has 0 aromatic carbocycles. The summed E-state index contributed by atoms with van der Waals surface area (Å²) in [5.41, 5.74) is 0. The number of aryl methyl sites for hydroxylation is 1. The summed E-state index contributed by atoms with van der Waals surface area (Å²) >= 11 is 1.60. The average Bonchev–Trinajstić information content (AvgIpc) is 3.32. The van der Waals surface area contributed by atoms with Crippen molar-refractivity contribution in [2.24, 2.45) is 7.05 Å². The van der Waals surface area contributed by atoms with E-state index in [1.54, 1.807) is 24.0 Å². The largest absolute Gasteiger partial charge is 0.455 e. The van der Waals surface area contributed by atoms with Crippen LogP contribution in [0.15, 0.2) is 34.1 Å². The molecule has 0 aliphatic carbocycles. The van der Waals surface area contributed by atoms with Crippen LogP contribution in [0.2, 0.25) is 0 Å². The number of carbonyl (C=O) groups is 1. The molecule has 0 spiro atoms. The standard InChI is InChI=1S/C18H24N4O2S.2ClH/c1-21-8-7-19-18(21)25-11-15-5-6-16(24-15)17(23)22(2)14-9-12-3-4-13(10-14)20-12;;/h5-8,12-14,20H,3-4,9-11H2,1-2H3;2*1H. The Morgan fingerprint density at radius 3 is 2.67 bits per heavy atom. The second-order valence-corrected chi connectivity index (χ2v) is 8.00. The number of nitrogens with one attached hydrogen (secondary N) is 1. The van der Waals surface area contributed by atoms with E-state index in [-0.39, 0.29) is 30.7 Å². The summed E-state index contributed by atoms with van der Waals surface area (Å²) in [7, 11) is 3.87. The van der Waals surface area contributed by atoms with Crippen molar-refractivity contribution in [1.82, 2.24) is 19.8 Å². The molecule has 2 aliphatic rings. The van der Waals surface area contributed by atoms with Gasteiger partial charge in [-0.2, -0.15) is 0 Å². The van der Waals surface area contributed by atoms with Crippen LogP contribution in [0.4, 0.5) is 0 Å². The average molecular weight is 433 g/mol. The summed E-state index contributed by atoms with van der Waals surface area (Å²) in [6, 6.07) is 5.13. The van der Waals surface area contributed by atoms with Gasteiger partial charge in [-0.15, -0.1) is 24.8 Å². The third-order valence-corrected chi connectivity index (χ3v) is 6.39. The molecular weight excluding hydrogens is 407 g/mol. The zero-order valence-corrected chi connectivity index (χ0v) is 17.9. The molecule has 9 heteroatoms. The van der Waals surface area contributed by atoms with Gasteiger partial charge in [0, 0.05) is 44.6 Å². The molecule has 2 aliphatic heterocycles. The maximum atomic E-state index is 12.8. The quantitative estimate of drug-likeness (QED) is 0.732. The van der Waals surface area contributed by atoms with Crippen LogP contribution in [-0.4, -0.2) is 45.5 Å². The molecule has 2 aromatic rings. The summed E-state index contributed by atoms with van der Waals surface area (Å²) in [6.45, 7) is 0. The van der Waals surface area contributed by atoms with Crippen molar-refractivity contribution in [3.05, 3.63) is 36.0 Å². The van der Waals surface area contributed by atoms with E-state index in [9.17, 15) is 4.79 Å². The molecule has 2 atom stereocenters. The summed E-state index contributed by atoms with van der Waals surface area (Å²) in [4.78, 5) is 18.9. The van der Waals surface area contributed by atoms with Gasteiger partial charge in [-0.3, -0.25) is 4.79 Å². The van der Waals surface area contributed by atoms with Gasteiger partial charge in [0.1, 0.15) is 5.76 Å². The number of fused-ring (bicyclic) bond motifs is 2. The Bertz CT molecular complexity index is 754. The lowest BCUT2D eigenvalue weighted by Crippen LogP contribution is -2.48. The summed E-state index contributed by atoms with van der Waals surface area (Å²) in [6.07, 6.45) is 8.25. The number of thioether (sulfide) groups is 1. The molecule has 1 amide bonds. The second-order valence-electron chi connectivity index (χ2n) is 7.05. The van der Waals surface area contributed by atoms with E-state index < -0.39 is 0 Å². The van der Waals surface area contributed by atoms with E-state index in [1.165, 1.54) is 12.8 Å². The minimum absolute atomic E-state index is 0. The lowest BCUT2D eigenvalue weighted by molar-refractivity contribution is 0.0648. The lowest BCUT2D eigenvalue weighted by atomic mass is 9.98. The number of nitrogens with zero attached hydrogens (tertiary/aromatic N) is 3. The predicted molar refractivity (Wildman–Crippen MR) is 111 cm³/mol. The van der Waals surface area contributed by atoms with Crippen molar-refractivity contribution in [1.29, 1.82) is 0 Å². The van der Waals surface area contributed by atoms with Gasteiger partial charge in [-0.1, -0.05) is 11.8 Å². The summed E-state index contributed by atoms with van der Waals surface area (Å²) < 4.78 is 7.77. The first kappa shape index (κ1) is 22.1. The van der Waals surface area contributed by atoms with Gasteiger partial charge in [-0.05, 0) is 37.8 Å². The molecule has 2 fully saturated rings. The molecule has 2 aromatic heterocycles. The fourth-order valence-corrected chi connectivity index (χ4v) is 4.71. The van der Waals surface area contributed by atoms with E-state index >= 15 is 0 Å². The highest BCUT2D eigenvalue weighted by Crippen LogP contribution is 2.30.